The number of aromatic nitrogens is 1. The number of carbonyl (C=O) groups is 4. The zero-order chi connectivity index (χ0) is 27.5. The van der Waals surface area contributed by atoms with Crippen LogP contribution < -0.4 is 0 Å². The summed E-state index contributed by atoms with van der Waals surface area (Å²) in [5.74, 6) is -4.64. The van der Waals surface area contributed by atoms with Crippen LogP contribution >= 0.6 is 11.6 Å². The Morgan fingerprint density at radius 3 is 1.97 bits per heavy atom. The summed E-state index contributed by atoms with van der Waals surface area (Å²) in [6, 6.07) is 7.47. The second-order valence-corrected chi connectivity index (χ2v) is 8.12. The van der Waals surface area contributed by atoms with Gasteiger partial charge < -0.3 is 19.2 Å². The second-order valence-electron chi connectivity index (χ2n) is 7.68. The second kappa shape index (κ2) is 10.6. The molecule has 37 heavy (non-hydrogen) atoms. The van der Waals surface area contributed by atoms with Gasteiger partial charge in [0.05, 0.1) is 30.0 Å². The van der Waals surface area contributed by atoms with Gasteiger partial charge in [-0.05, 0) is 38.1 Å². The van der Waals surface area contributed by atoms with Crippen molar-refractivity contribution < 1.29 is 46.6 Å². The molecule has 0 fully saturated rings. The molecule has 0 radical (unpaired) electrons. The summed E-state index contributed by atoms with van der Waals surface area (Å²) in [7, 11) is 0. The smallest absolute Gasteiger partial charge is 0.416 e. The summed E-state index contributed by atoms with van der Waals surface area (Å²) < 4.78 is 54.5. The fraction of sp³-hybridized carbons (Fsp3) is 0.280. The Morgan fingerprint density at radius 1 is 0.919 bits per heavy atom. The number of fused-ring (bicyclic) bond motifs is 1. The van der Waals surface area contributed by atoms with Crippen LogP contribution in [0.3, 0.4) is 0 Å². The number of benzene rings is 2. The number of aromatic amines is 1. The van der Waals surface area contributed by atoms with Gasteiger partial charge in [-0.2, -0.15) is 13.2 Å². The standard InChI is InChI=1S/C25H21ClF3NO7/c1-4-35-22(33)24(37-13(3)31,23(34)36-5-2)19-17-11-10-16(26)12-18(17)30-20(19)21(32)14-6-8-15(9-7-14)25(27,28)29/h6-12,30H,4-5H2,1-3H3. The molecule has 0 saturated heterocycles. The maximum Gasteiger partial charge on any atom is 0.416 e. The van der Waals surface area contributed by atoms with Gasteiger partial charge in [-0.3, -0.25) is 9.59 Å². The van der Waals surface area contributed by atoms with E-state index in [1.807, 2.05) is 0 Å². The van der Waals surface area contributed by atoms with Crippen LogP contribution in [-0.4, -0.2) is 41.9 Å². The highest BCUT2D eigenvalue weighted by atomic mass is 35.5. The predicted molar refractivity (Wildman–Crippen MR) is 125 cm³/mol. The highest BCUT2D eigenvalue weighted by Crippen LogP contribution is 2.40. The summed E-state index contributed by atoms with van der Waals surface area (Å²) in [5.41, 5.74) is -4.73. The van der Waals surface area contributed by atoms with E-state index in [0.29, 0.717) is 12.1 Å². The Balaban J connectivity index is 2.38. The van der Waals surface area contributed by atoms with Crippen LogP contribution in [-0.2, 0) is 40.4 Å². The molecule has 0 aliphatic rings. The maximum absolute atomic E-state index is 13.6. The zero-order valence-electron chi connectivity index (χ0n) is 19.8. The molecule has 0 bridgehead atoms. The number of nitrogens with one attached hydrogen (secondary N) is 1. The lowest BCUT2D eigenvalue weighted by molar-refractivity contribution is -0.197. The third kappa shape index (κ3) is 5.31. The quantitative estimate of drug-likeness (QED) is 0.186. The lowest BCUT2D eigenvalue weighted by atomic mass is 9.88. The molecule has 2 aromatic carbocycles. The van der Waals surface area contributed by atoms with Crippen molar-refractivity contribution in [2.75, 3.05) is 13.2 Å². The first-order valence-electron chi connectivity index (χ1n) is 10.9. The molecule has 8 nitrogen and oxygen atoms in total. The Hall–Kier alpha value is -3.86. The largest absolute Gasteiger partial charge is 0.462 e. The highest BCUT2D eigenvalue weighted by Gasteiger charge is 2.58. The van der Waals surface area contributed by atoms with Crippen LogP contribution in [0.4, 0.5) is 13.2 Å². The first-order chi connectivity index (χ1) is 17.4. The number of halogens is 4. The molecule has 0 unspecified atom stereocenters. The molecule has 0 aliphatic heterocycles. The van der Waals surface area contributed by atoms with Crippen LogP contribution in [0.1, 0.15) is 48.0 Å². The van der Waals surface area contributed by atoms with Crippen LogP contribution in [0.2, 0.25) is 5.02 Å². The van der Waals surface area contributed by atoms with E-state index < -0.39 is 52.3 Å². The lowest BCUT2D eigenvalue weighted by Gasteiger charge is -2.29. The SMILES string of the molecule is CCOC(=O)C(OC(C)=O)(C(=O)OCC)c1c(C(=O)c2ccc(C(F)(F)F)cc2)[nH]c2cc(Cl)ccc12. The lowest BCUT2D eigenvalue weighted by Crippen LogP contribution is -2.50. The molecule has 0 atom stereocenters. The summed E-state index contributed by atoms with van der Waals surface area (Å²) in [6.07, 6.45) is -4.64. The van der Waals surface area contributed by atoms with E-state index >= 15 is 0 Å². The van der Waals surface area contributed by atoms with Gasteiger partial charge in [0.2, 0.25) is 5.78 Å². The van der Waals surface area contributed by atoms with Crippen LogP contribution in [0.15, 0.2) is 42.5 Å². The molecular weight excluding hydrogens is 519 g/mol. The molecule has 3 rings (SSSR count). The Morgan fingerprint density at radius 2 is 1.49 bits per heavy atom. The number of esters is 3. The van der Waals surface area contributed by atoms with E-state index in [4.69, 9.17) is 25.8 Å². The monoisotopic (exact) mass is 539 g/mol. The van der Waals surface area contributed by atoms with Gasteiger partial charge in [0, 0.05) is 28.4 Å². The number of H-pyrrole nitrogens is 1. The normalized spacial score (nSPS) is 11.8. The van der Waals surface area contributed by atoms with Gasteiger partial charge in [0.15, 0.2) is 0 Å². The summed E-state index contributed by atoms with van der Waals surface area (Å²) in [5, 5.41) is 0.307. The molecule has 0 aliphatic carbocycles. The van der Waals surface area contributed by atoms with Crippen LogP contribution in [0, 0.1) is 0 Å². The predicted octanol–water partition coefficient (Wildman–Crippen LogP) is 4.96. The molecule has 0 amide bonds. The number of alkyl halides is 3. The maximum atomic E-state index is 13.6. The van der Waals surface area contributed by atoms with E-state index in [1.54, 1.807) is 0 Å². The Kier molecular flexibility index (Phi) is 7.97. The molecule has 0 spiro atoms. The number of hydrogen-bond donors (Lipinski definition) is 1. The highest BCUT2D eigenvalue weighted by molar-refractivity contribution is 6.31. The fourth-order valence-electron chi connectivity index (χ4n) is 3.76. The van der Waals surface area contributed by atoms with Crippen LogP contribution in [0.25, 0.3) is 10.9 Å². The third-order valence-corrected chi connectivity index (χ3v) is 5.47. The van der Waals surface area contributed by atoms with Gasteiger partial charge >= 0.3 is 29.7 Å². The number of ketones is 1. The molecule has 12 heteroatoms. The van der Waals surface area contributed by atoms with E-state index in [9.17, 15) is 32.3 Å². The van der Waals surface area contributed by atoms with Crippen molar-refractivity contribution >= 4 is 46.2 Å². The first-order valence-corrected chi connectivity index (χ1v) is 11.3. The van der Waals surface area contributed by atoms with Gasteiger partial charge in [-0.25, -0.2) is 9.59 Å². The van der Waals surface area contributed by atoms with Crippen molar-refractivity contribution in [1.29, 1.82) is 0 Å². The zero-order valence-corrected chi connectivity index (χ0v) is 20.6. The molecule has 0 saturated carbocycles. The minimum absolute atomic E-state index is 0.0852. The van der Waals surface area contributed by atoms with Crippen molar-refractivity contribution in [3.8, 4) is 0 Å². The number of rotatable bonds is 8. The minimum atomic E-state index is -4.64. The molecule has 1 heterocycles. The molecule has 1 aromatic heterocycles. The number of carbonyl (C=O) groups excluding carboxylic acids is 4. The van der Waals surface area contributed by atoms with Gasteiger partial charge in [-0.15, -0.1) is 0 Å². The van der Waals surface area contributed by atoms with Gasteiger partial charge in [-0.1, -0.05) is 29.8 Å². The van der Waals surface area contributed by atoms with Crippen molar-refractivity contribution in [3.05, 3.63) is 69.9 Å². The summed E-state index contributed by atoms with van der Waals surface area (Å²) in [6.45, 7) is 3.39. The van der Waals surface area contributed by atoms with E-state index in [-0.39, 0.29) is 34.7 Å². The Bertz CT molecular complexity index is 1350. The average molecular weight is 540 g/mol. The van der Waals surface area contributed by atoms with Gasteiger partial charge in [0.1, 0.15) is 0 Å². The topological polar surface area (TPSA) is 112 Å². The average Bonchev–Trinajstić information content (AvgIpc) is 3.20. The molecule has 196 valence electrons. The molecule has 3 aromatic rings. The Labute approximate surface area is 213 Å². The third-order valence-electron chi connectivity index (χ3n) is 5.24. The fourth-order valence-corrected chi connectivity index (χ4v) is 3.94. The number of hydrogen-bond acceptors (Lipinski definition) is 7. The molecule has 1 N–H and O–H groups in total. The van der Waals surface area contributed by atoms with Crippen molar-refractivity contribution in [2.24, 2.45) is 0 Å². The van der Waals surface area contributed by atoms with Crippen molar-refractivity contribution in [1.82, 2.24) is 4.98 Å². The molecular formula is C25H21ClF3NO7. The summed E-state index contributed by atoms with van der Waals surface area (Å²) in [4.78, 5) is 55.2. The number of ether oxygens (including phenoxy) is 3. The minimum Gasteiger partial charge on any atom is -0.462 e. The first kappa shape index (κ1) is 27.7. The van der Waals surface area contributed by atoms with E-state index in [0.717, 1.165) is 19.1 Å². The summed E-state index contributed by atoms with van der Waals surface area (Å²) >= 11 is 6.08. The van der Waals surface area contributed by atoms with E-state index in [1.165, 1.54) is 32.0 Å². The van der Waals surface area contributed by atoms with Crippen molar-refractivity contribution in [2.45, 2.75) is 32.5 Å². The van der Waals surface area contributed by atoms with Crippen molar-refractivity contribution in [3.63, 3.8) is 0 Å². The van der Waals surface area contributed by atoms with E-state index in [2.05, 4.69) is 4.98 Å². The van der Waals surface area contributed by atoms with Crippen LogP contribution in [0.5, 0.6) is 0 Å². The van der Waals surface area contributed by atoms with Gasteiger partial charge in [0.25, 0.3) is 0 Å².